The van der Waals surface area contributed by atoms with Crippen molar-refractivity contribution in [1.82, 2.24) is 4.98 Å². The maximum absolute atomic E-state index is 12.6. The van der Waals surface area contributed by atoms with Gasteiger partial charge in [0.1, 0.15) is 18.1 Å². The van der Waals surface area contributed by atoms with E-state index in [1.165, 1.54) is 6.07 Å². The van der Waals surface area contributed by atoms with Gasteiger partial charge in [-0.2, -0.15) is 13.2 Å². The number of carboxylic acids is 1. The molecule has 0 aliphatic carbocycles. The van der Waals surface area contributed by atoms with Crippen LogP contribution < -0.4 is 4.74 Å². The van der Waals surface area contributed by atoms with Crippen LogP contribution in [0, 0.1) is 0 Å². The summed E-state index contributed by atoms with van der Waals surface area (Å²) in [5.74, 6) is -1.11. The van der Waals surface area contributed by atoms with Gasteiger partial charge < -0.3 is 9.84 Å². The lowest BCUT2D eigenvalue weighted by Gasteiger charge is -2.13. The summed E-state index contributed by atoms with van der Waals surface area (Å²) in [6.07, 6.45) is -3.89. The van der Waals surface area contributed by atoms with Crippen molar-refractivity contribution >= 4 is 17.6 Å². The van der Waals surface area contributed by atoms with E-state index in [0.717, 1.165) is 23.8 Å². The number of nitrogens with zero attached hydrogens (tertiary/aromatic N) is 1. The highest BCUT2D eigenvalue weighted by atomic mass is 35.5. The third-order valence-electron chi connectivity index (χ3n) is 3.29. The third kappa shape index (κ3) is 4.17. The lowest BCUT2D eigenvalue weighted by molar-refractivity contribution is -0.137. The van der Waals surface area contributed by atoms with Crippen LogP contribution in [0.1, 0.15) is 34.2 Å². The number of aromatic nitrogens is 1. The molecule has 8 heteroatoms. The SMILES string of the molecule is CCc1ccc(C(=O)O)nc1COc1ccc(C(F)(F)F)cc1Cl. The van der Waals surface area contributed by atoms with E-state index in [1.807, 2.05) is 6.92 Å². The summed E-state index contributed by atoms with van der Waals surface area (Å²) in [4.78, 5) is 15.0. The first-order valence-corrected chi connectivity index (χ1v) is 7.31. The first-order valence-electron chi connectivity index (χ1n) is 6.94. The van der Waals surface area contributed by atoms with Crippen molar-refractivity contribution in [2.24, 2.45) is 0 Å². The minimum atomic E-state index is -4.49. The summed E-state index contributed by atoms with van der Waals surface area (Å²) in [5, 5.41) is 8.79. The topological polar surface area (TPSA) is 59.4 Å². The molecule has 1 heterocycles. The molecular formula is C16H13ClF3NO3. The number of hydrogen-bond donors (Lipinski definition) is 1. The van der Waals surface area contributed by atoms with Gasteiger partial charge in [0.25, 0.3) is 0 Å². The van der Waals surface area contributed by atoms with Gasteiger partial charge in [0.2, 0.25) is 0 Å². The Morgan fingerprint density at radius 2 is 2.00 bits per heavy atom. The number of benzene rings is 1. The van der Waals surface area contributed by atoms with E-state index in [1.54, 1.807) is 6.07 Å². The average molecular weight is 360 g/mol. The van der Waals surface area contributed by atoms with Crippen molar-refractivity contribution in [3.8, 4) is 5.75 Å². The molecule has 0 spiro atoms. The molecule has 0 amide bonds. The maximum atomic E-state index is 12.6. The number of ether oxygens (including phenoxy) is 1. The van der Waals surface area contributed by atoms with Crippen molar-refractivity contribution in [2.75, 3.05) is 0 Å². The van der Waals surface area contributed by atoms with E-state index in [0.29, 0.717) is 12.1 Å². The van der Waals surface area contributed by atoms with E-state index in [2.05, 4.69) is 4.98 Å². The Kier molecular flexibility index (Phi) is 5.33. The number of hydrogen-bond acceptors (Lipinski definition) is 3. The fourth-order valence-electron chi connectivity index (χ4n) is 2.04. The van der Waals surface area contributed by atoms with Gasteiger partial charge in [-0.25, -0.2) is 9.78 Å². The monoisotopic (exact) mass is 359 g/mol. The zero-order valence-corrected chi connectivity index (χ0v) is 13.3. The largest absolute Gasteiger partial charge is 0.486 e. The molecule has 0 aliphatic rings. The molecular weight excluding hydrogens is 347 g/mol. The minimum absolute atomic E-state index is 0.0641. The van der Waals surface area contributed by atoms with Gasteiger partial charge in [-0.15, -0.1) is 0 Å². The number of aromatic carboxylic acids is 1. The summed E-state index contributed by atoms with van der Waals surface area (Å²) in [7, 11) is 0. The number of alkyl halides is 3. The van der Waals surface area contributed by atoms with Gasteiger partial charge in [0.15, 0.2) is 0 Å². The third-order valence-corrected chi connectivity index (χ3v) is 3.59. The fraction of sp³-hybridized carbons (Fsp3) is 0.250. The molecule has 0 unspecified atom stereocenters. The van der Waals surface area contributed by atoms with Crippen molar-refractivity contribution in [2.45, 2.75) is 26.1 Å². The second-order valence-corrected chi connectivity index (χ2v) is 5.30. The van der Waals surface area contributed by atoms with Crippen molar-refractivity contribution in [3.05, 3.63) is 57.9 Å². The molecule has 4 nitrogen and oxygen atoms in total. The first kappa shape index (κ1) is 18.1. The molecule has 0 aliphatic heterocycles. The Bertz CT molecular complexity index is 763. The quantitative estimate of drug-likeness (QED) is 0.848. The van der Waals surface area contributed by atoms with E-state index in [-0.39, 0.29) is 23.1 Å². The number of pyridine rings is 1. The second kappa shape index (κ2) is 7.09. The second-order valence-electron chi connectivity index (χ2n) is 4.89. The Morgan fingerprint density at radius 1 is 1.29 bits per heavy atom. The van der Waals surface area contributed by atoms with Gasteiger partial charge in [-0.3, -0.25) is 0 Å². The highest BCUT2D eigenvalue weighted by Crippen LogP contribution is 2.35. The normalized spacial score (nSPS) is 11.4. The Labute approximate surface area is 140 Å². The van der Waals surface area contributed by atoms with Crippen LogP contribution in [0.2, 0.25) is 5.02 Å². The van der Waals surface area contributed by atoms with Crippen LogP contribution in [0.25, 0.3) is 0 Å². The summed E-state index contributed by atoms with van der Waals surface area (Å²) in [5.41, 5.74) is 0.167. The Hall–Kier alpha value is -2.28. The lowest BCUT2D eigenvalue weighted by atomic mass is 10.1. The minimum Gasteiger partial charge on any atom is -0.486 e. The van der Waals surface area contributed by atoms with E-state index >= 15 is 0 Å². The molecule has 0 saturated carbocycles. The summed E-state index contributed by atoms with van der Waals surface area (Å²) < 4.78 is 43.2. The molecule has 24 heavy (non-hydrogen) atoms. The van der Waals surface area contributed by atoms with Crippen molar-refractivity contribution in [3.63, 3.8) is 0 Å². The lowest BCUT2D eigenvalue weighted by Crippen LogP contribution is -2.09. The van der Waals surface area contributed by atoms with Crippen molar-refractivity contribution < 1.29 is 27.8 Å². The van der Waals surface area contributed by atoms with E-state index in [9.17, 15) is 18.0 Å². The molecule has 128 valence electrons. The summed E-state index contributed by atoms with van der Waals surface area (Å²) in [6, 6.07) is 5.78. The zero-order chi connectivity index (χ0) is 17.9. The predicted octanol–water partition coefficient (Wildman–Crippen LogP) is 4.59. The standard InChI is InChI=1S/C16H13ClF3NO3/c1-2-9-3-5-12(15(22)23)21-13(9)8-24-14-6-4-10(7-11(14)17)16(18,19)20/h3-7H,2,8H2,1H3,(H,22,23). The Morgan fingerprint density at radius 3 is 2.54 bits per heavy atom. The first-order chi connectivity index (χ1) is 11.2. The number of carboxylic acid groups (broad SMARTS) is 1. The van der Waals surface area contributed by atoms with Crippen LogP contribution in [0.15, 0.2) is 30.3 Å². The van der Waals surface area contributed by atoms with Crippen LogP contribution in [-0.4, -0.2) is 16.1 Å². The molecule has 2 rings (SSSR count). The van der Waals surface area contributed by atoms with Crippen LogP contribution in [0.5, 0.6) is 5.75 Å². The zero-order valence-electron chi connectivity index (χ0n) is 12.5. The van der Waals surface area contributed by atoms with Gasteiger partial charge in [0, 0.05) is 0 Å². The van der Waals surface area contributed by atoms with Gasteiger partial charge in [0.05, 0.1) is 16.3 Å². The number of carbonyl (C=O) groups is 1. The van der Waals surface area contributed by atoms with Crippen molar-refractivity contribution in [1.29, 1.82) is 0 Å². The van der Waals surface area contributed by atoms with Crippen LogP contribution >= 0.6 is 11.6 Å². The number of halogens is 4. The van der Waals surface area contributed by atoms with Crippen LogP contribution in [-0.2, 0) is 19.2 Å². The average Bonchev–Trinajstić information content (AvgIpc) is 2.52. The van der Waals surface area contributed by atoms with E-state index < -0.39 is 17.7 Å². The number of aryl methyl sites for hydroxylation is 1. The molecule has 1 aromatic heterocycles. The highest BCUT2D eigenvalue weighted by molar-refractivity contribution is 6.32. The predicted molar refractivity (Wildman–Crippen MR) is 81.4 cm³/mol. The van der Waals surface area contributed by atoms with Crippen LogP contribution in [0.4, 0.5) is 13.2 Å². The molecule has 2 aromatic rings. The smallest absolute Gasteiger partial charge is 0.416 e. The molecule has 1 aromatic carbocycles. The maximum Gasteiger partial charge on any atom is 0.416 e. The fourth-order valence-corrected chi connectivity index (χ4v) is 2.27. The van der Waals surface area contributed by atoms with Gasteiger partial charge in [-0.1, -0.05) is 24.6 Å². The van der Waals surface area contributed by atoms with Gasteiger partial charge in [-0.05, 0) is 36.2 Å². The Balaban J connectivity index is 2.22. The highest BCUT2D eigenvalue weighted by Gasteiger charge is 2.31. The molecule has 0 radical (unpaired) electrons. The van der Waals surface area contributed by atoms with Gasteiger partial charge >= 0.3 is 12.1 Å². The summed E-state index contributed by atoms with van der Waals surface area (Å²) in [6.45, 7) is 1.77. The molecule has 0 atom stereocenters. The summed E-state index contributed by atoms with van der Waals surface area (Å²) >= 11 is 5.82. The molecule has 0 bridgehead atoms. The molecule has 0 saturated heterocycles. The molecule has 0 fully saturated rings. The van der Waals surface area contributed by atoms with E-state index in [4.69, 9.17) is 21.4 Å². The number of rotatable bonds is 5. The van der Waals surface area contributed by atoms with Crippen LogP contribution in [0.3, 0.4) is 0 Å². The molecule has 1 N–H and O–H groups in total.